The molecule has 9 nitrogen and oxygen atoms in total. The van der Waals surface area contributed by atoms with Crippen LogP contribution in [0.2, 0.25) is 5.02 Å². The number of hydrogen-bond acceptors (Lipinski definition) is 8. The van der Waals surface area contributed by atoms with E-state index in [2.05, 4.69) is 20.0 Å². The van der Waals surface area contributed by atoms with E-state index in [4.69, 9.17) is 21.3 Å². The van der Waals surface area contributed by atoms with E-state index in [0.29, 0.717) is 73.2 Å². The number of alkyl halides is 1. The Morgan fingerprint density at radius 3 is 2.93 bits per heavy atom. The van der Waals surface area contributed by atoms with Crippen molar-refractivity contribution in [3.05, 3.63) is 46.4 Å². The Hall–Kier alpha value is -3.41. The predicted octanol–water partition coefficient (Wildman–Crippen LogP) is 4.54. The smallest absolute Gasteiger partial charge is 0.251 e. The molecule has 3 aromatic rings. The van der Waals surface area contributed by atoms with Gasteiger partial charge in [-0.3, -0.25) is 9.69 Å². The molecule has 2 aromatic carbocycles. The fraction of sp³-hybridized carbons (Fsp3) is 0.529. The first-order valence-corrected chi connectivity index (χ1v) is 16.8. The number of pyridine rings is 1. The van der Waals surface area contributed by atoms with Gasteiger partial charge in [-0.1, -0.05) is 17.7 Å². The Balaban J connectivity index is 1.16. The number of benzene rings is 2. The summed E-state index contributed by atoms with van der Waals surface area (Å²) in [5.74, 6) is -0.0243. The van der Waals surface area contributed by atoms with Gasteiger partial charge in [0.1, 0.15) is 36.1 Å². The number of phenols is 1. The second-order valence-corrected chi connectivity index (χ2v) is 14.4. The van der Waals surface area contributed by atoms with Crippen LogP contribution in [0.1, 0.15) is 43.4 Å². The summed E-state index contributed by atoms with van der Waals surface area (Å²) in [4.78, 5) is 27.5. The van der Waals surface area contributed by atoms with Crippen LogP contribution in [0, 0.1) is 5.82 Å². The van der Waals surface area contributed by atoms with Gasteiger partial charge in [0.05, 0.1) is 34.2 Å². The van der Waals surface area contributed by atoms with Gasteiger partial charge in [-0.25, -0.2) is 13.8 Å². The summed E-state index contributed by atoms with van der Waals surface area (Å²) in [6, 6.07) is 6.23. The molecule has 0 saturated carbocycles. The fourth-order valence-corrected chi connectivity index (χ4v) is 9.63. The lowest BCUT2D eigenvalue weighted by Crippen LogP contribution is -2.66. The third-order valence-electron chi connectivity index (χ3n) is 11.4. The molecule has 242 valence electrons. The monoisotopic (exact) mass is 650 g/mol. The normalized spacial score (nSPS) is 30.1. The Labute approximate surface area is 271 Å². The summed E-state index contributed by atoms with van der Waals surface area (Å²) in [6.45, 7) is 3.29. The van der Waals surface area contributed by atoms with Gasteiger partial charge in [0, 0.05) is 62.2 Å². The zero-order chi connectivity index (χ0) is 31.5. The number of anilines is 3. The maximum atomic E-state index is 14.7. The van der Waals surface area contributed by atoms with Crippen LogP contribution in [0.5, 0.6) is 11.6 Å². The van der Waals surface area contributed by atoms with E-state index in [9.17, 15) is 18.7 Å². The molecule has 1 unspecified atom stereocenters. The number of ether oxygens (including phenoxy) is 1. The van der Waals surface area contributed by atoms with Crippen LogP contribution < -0.4 is 24.8 Å². The van der Waals surface area contributed by atoms with E-state index in [1.165, 1.54) is 6.07 Å². The number of rotatable bonds is 4. The lowest BCUT2D eigenvalue weighted by Gasteiger charge is -2.49. The SMILES string of the molecule is CN1C(=O)C2[C@@H]3CC[C@H](CN2c2c4c(nc(OC[C@@]56CCCN5C[C@H](F)C6)c21)CN(c1cc(O)cc2ccc(F)c(Cl)c12)CC4)N3. The third-order valence-corrected chi connectivity index (χ3v) is 11.8. The molecule has 6 aliphatic heterocycles. The van der Waals surface area contributed by atoms with Crippen molar-refractivity contribution in [1.29, 1.82) is 0 Å². The van der Waals surface area contributed by atoms with Crippen molar-refractivity contribution in [2.75, 3.05) is 54.5 Å². The average Bonchev–Trinajstić information content (AvgIpc) is 3.70. The largest absolute Gasteiger partial charge is 0.508 e. The fourth-order valence-electron chi connectivity index (χ4n) is 9.36. The van der Waals surface area contributed by atoms with Crippen LogP contribution in [0.4, 0.5) is 25.8 Å². The second-order valence-electron chi connectivity index (χ2n) is 14.0. The van der Waals surface area contributed by atoms with Gasteiger partial charge >= 0.3 is 0 Å². The molecule has 7 heterocycles. The highest BCUT2D eigenvalue weighted by atomic mass is 35.5. The minimum atomic E-state index is -0.877. The maximum Gasteiger partial charge on any atom is 0.251 e. The Bertz CT molecular complexity index is 1790. The predicted molar refractivity (Wildman–Crippen MR) is 173 cm³/mol. The minimum absolute atomic E-state index is 0.0168. The standard InChI is InChI=1S/C34H37ClF2N6O3/c1-40-31-29(43-15-20-4-6-24(38-20)30(43)33(40)45)22-7-10-41(26-12-21(44)11-18-3-5-23(37)28(35)27(18)26)16-25(22)39-32(31)46-17-34-8-2-9-42(34)14-19(36)13-34/h3,5,11-12,19-20,24,30,38,44H,2,4,6-10,13-17H2,1H3/t19-,20-,24+,30?,34+/m1/s1. The summed E-state index contributed by atoms with van der Waals surface area (Å²) >= 11 is 6.52. The number of carbonyl (C=O) groups excluding carboxylic acids is 1. The summed E-state index contributed by atoms with van der Waals surface area (Å²) < 4.78 is 36.0. The number of halogens is 3. The first kappa shape index (κ1) is 28.8. The summed E-state index contributed by atoms with van der Waals surface area (Å²) in [6.07, 6.45) is 4.05. The molecule has 0 spiro atoms. The van der Waals surface area contributed by atoms with Gasteiger partial charge in [0.25, 0.3) is 5.91 Å². The maximum absolute atomic E-state index is 14.7. The number of likely N-dealkylation sites (N-methyl/N-ethyl adjacent to an activating group) is 1. The van der Waals surface area contributed by atoms with Crippen LogP contribution >= 0.6 is 11.6 Å². The van der Waals surface area contributed by atoms with Crippen LogP contribution in [-0.2, 0) is 17.8 Å². The van der Waals surface area contributed by atoms with Gasteiger partial charge in [0.15, 0.2) is 0 Å². The molecule has 1 amide bonds. The van der Waals surface area contributed by atoms with Gasteiger partial charge in [-0.2, -0.15) is 0 Å². The van der Waals surface area contributed by atoms with Crippen molar-refractivity contribution in [3.63, 3.8) is 0 Å². The number of piperazine rings is 1. The number of aromatic hydroxyl groups is 1. The highest BCUT2D eigenvalue weighted by Gasteiger charge is 2.52. The van der Waals surface area contributed by atoms with E-state index in [-0.39, 0.29) is 34.3 Å². The van der Waals surface area contributed by atoms with E-state index in [1.54, 1.807) is 23.1 Å². The number of nitrogens with one attached hydrogen (secondary N) is 1. The van der Waals surface area contributed by atoms with Crippen molar-refractivity contribution in [1.82, 2.24) is 15.2 Å². The molecule has 4 saturated heterocycles. The second kappa shape index (κ2) is 10.3. The van der Waals surface area contributed by atoms with Gasteiger partial charge in [-0.05, 0) is 56.2 Å². The number of carbonyl (C=O) groups is 1. The molecule has 12 heteroatoms. The molecule has 1 aromatic heterocycles. The summed E-state index contributed by atoms with van der Waals surface area (Å²) in [5.41, 5.74) is 3.86. The molecule has 2 bridgehead atoms. The molecule has 46 heavy (non-hydrogen) atoms. The number of hydrogen-bond donors (Lipinski definition) is 2. The van der Waals surface area contributed by atoms with Crippen LogP contribution in [-0.4, -0.2) is 90.6 Å². The number of aromatic nitrogens is 1. The third kappa shape index (κ3) is 4.17. The minimum Gasteiger partial charge on any atom is -0.508 e. The van der Waals surface area contributed by atoms with Crippen LogP contribution in [0.3, 0.4) is 0 Å². The molecule has 4 fully saturated rings. The lowest BCUT2D eigenvalue weighted by atomic mass is 9.92. The number of fused-ring (bicyclic) bond motifs is 10. The van der Waals surface area contributed by atoms with E-state index < -0.39 is 12.0 Å². The van der Waals surface area contributed by atoms with Crippen molar-refractivity contribution in [3.8, 4) is 11.6 Å². The molecule has 0 radical (unpaired) electrons. The highest BCUT2D eigenvalue weighted by Crippen LogP contribution is 2.50. The van der Waals surface area contributed by atoms with Crippen molar-refractivity contribution >= 4 is 45.3 Å². The zero-order valence-electron chi connectivity index (χ0n) is 25.7. The van der Waals surface area contributed by atoms with E-state index >= 15 is 0 Å². The number of phenolic OH excluding ortho intramolecular Hbond substituents is 1. The Morgan fingerprint density at radius 2 is 2.07 bits per heavy atom. The zero-order valence-corrected chi connectivity index (χ0v) is 26.5. The Kier molecular flexibility index (Phi) is 6.44. The topological polar surface area (TPSA) is 84.4 Å². The quantitative estimate of drug-likeness (QED) is 0.426. The summed E-state index contributed by atoms with van der Waals surface area (Å²) in [5, 5.41) is 15.5. The first-order valence-electron chi connectivity index (χ1n) is 16.4. The molecule has 2 N–H and O–H groups in total. The van der Waals surface area contributed by atoms with Crippen molar-refractivity contribution in [2.45, 2.75) is 74.9 Å². The van der Waals surface area contributed by atoms with E-state index in [0.717, 1.165) is 55.7 Å². The van der Waals surface area contributed by atoms with Gasteiger partial charge < -0.3 is 29.9 Å². The van der Waals surface area contributed by atoms with E-state index in [1.807, 2.05) is 7.05 Å². The van der Waals surface area contributed by atoms with Gasteiger partial charge in [0.2, 0.25) is 5.88 Å². The molecule has 0 aliphatic carbocycles. The molecular weight excluding hydrogens is 614 g/mol. The van der Waals surface area contributed by atoms with Crippen LogP contribution in [0.25, 0.3) is 10.8 Å². The Morgan fingerprint density at radius 1 is 1.20 bits per heavy atom. The van der Waals surface area contributed by atoms with Crippen molar-refractivity contribution in [2.24, 2.45) is 0 Å². The number of nitrogens with zero attached hydrogens (tertiary/aromatic N) is 5. The summed E-state index contributed by atoms with van der Waals surface area (Å²) in [7, 11) is 1.82. The molecule has 9 rings (SSSR count). The highest BCUT2D eigenvalue weighted by molar-refractivity contribution is 6.37. The van der Waals surface area contributed by atoms with Gasteiger partial charge in [-0.15, -0.1) is 0 Å². The lowest BCUT2D eigenvalue weighted by molar-refractivity contribution is -0.120. The number of amides is 1. The molecule has 6 aliphatic rings. The molecule has 5 atom stereocenters. The first-order chi connectivity index (χ1) is 22.2. The average molecular weight is 651 g/mol. The van der Waals surface area contributed by atoms with Crippen LogP contribution in [0.15, 0.2) is 24.3 Å². The molecular formula is C34H37ClF2N6O3. The van der Waals surface area contributed by atoms with Crippen molar-refractivity contribution < 1.29 is 23.4 Å².